The molecular formula is C4H11NO6S2. The summed E-state index contributed by atoms with van der Waals surface area (Å²) in [6, 6.07) is 0. The third-order valence-electron chi connectivity index (χ3n) is 0.822. The average molecular weight is 233 g/mol. The van der Waals surface area contributed by atoms with Crippen LogP contribution in [0.2, 0.25) is 0 Å². The number of primary amides is 1. The predicted molar refractivity (Wildman–Crippen MR) is 47.5 cm³/mol. The highest BCUT2D eigenvalue weighted by atomic mass is 32.3. The second-order valence-electron chi connectivity index (χ2n) is 2.41. The molecule has 0 heterocycles. The molecule has 0 saturated carbocycles. The van der Waals surface area contributed by atoms with E-state index in [0.717, 1.165) is 0 Å². The van der Waals surface area contributed by atoms with Gasteiger partial charge in [-0.1, -0.05) is 0 Å². The first kappa shape index (κ1) is 15.1. The molecule has 0 aromatic heterocycles. The number of carbonyl (C=O) groups excluding carboxylic acids is 1. The van der Waals surface area contributed by atoms with E-state index in [1.807, 2.05) is 0 Å². The van der Waals surface area contributed by atoms with Gasteiger partial charge in [0, 0.05) is 0 Å². The van der Waals surface area contributed by atoms with Gasteiger partial charge in [0.25, 0.3) is 0 Å². The van der Waals surface area contributed by atoms with Gasteiger partial charge in [-0.2, -0.15) is 8.42 Å². The van der Waals surface area contributed by atoms with Gasteiger partial charge in [0.1, 0.15) is 0 Å². The van der Waals surface area contributed by atoms with E-state index in [1.165, 1.54) is 0 Å². The lowest BCUT2D eigenvalue weighted by atomic mass is 10.1. The summed E-state index contributed by atoms with van der Waals surface area (Å²) >= 11 is 3.44. The number of hydrogen-bond acceptors (Lipinski definition) is 5. The lowest BCUT2D eigenvalue weighted by Gasteiger charge is -2.15. The molecule has 7 nitrogen and oxygen atoms in total. The normalized spacial score (nSPS) is 11.5. The van der Waals surface area contributed by atoms with Gasteiger partial charge in [0.05, 0.1) is 0 Å². The van der Waals surface area contributed by atoms with E-state index >= 15 is 0 Å². The van der Waals surface area contributed by atoms with Crippen LogP contribution in [-0.2, 0) is 19.4 Å². The van der Waals surface area contributed by atoms with Crippen LogP contribution >= 0.6 is 12.9 Å². The van der Waals surface area contributed by atoms with Crippen LogP contribution in [0.3, 0.4) is 0 Å². The summed E-state index contributed by atoms with van der Waals surface area (Å²) < 4.78 is 36.0. The minimum Gasteiger partial charge on any atom is -0.367 e. The maximum atomic E-state index is 10.3. The standard InChI is InChI=1S/C4H9NO2S.H2O4S/c1-4(2,7-8)3(5)6;1-5(2,3)4/h8H,1-2H3,(H2,5,6);(H2,1,2,3,4). The van der Waals surface area contributed by atoms with Gasteiger partial charge in [-0.05, 0) is 26.8 Å². The third-order valence-corrected chi connectivity index (χ3v) is 1.28. The van der Waals surface area contributed by atoms with Crippen molar-refractivity contribution in [2.75, 3.05) is 0 Å². The van der Waals surface area contributed by atoms with E-state index in [1.54, 1.807) is 13.8 Å². The van der Waals surface area contributed by atoms with Gasteiger partial charge in [-0.15, -0.1) is 0 Å². The largest absolute Gasteiger partial charge is 0.394 e. The summed E-state index contributed by atoms with van der Waals surface area (Å²) in [5.41, 5.74) is 3.91. The fourth-order valence-electron chi connectivity index (χ4n) is 0.0450. The fraction of sp³-hybridized carbons (Fsp3) is 0.750. The van der Waals surface area contributed by atoms with E-state index in [4.69, 9.17) is 23.3 Å². The molecule has 80 valence electrons. The molecule has 0 unspecified atom stereocenters. The van der Waals surface area contributed by atoms with Crippen molar-refractivity contribution in [2.45, 2.75) is 19.4 Å². The zero-order valence-corrected chi connectivity index (χ0v) is 8.67. The van der Waals surface area contributed by atoms with Crippen molar-refractivity contribution < 1.29 is 26.5 Å². The molecule has 13 heavy (non-hydrogen) atoms. The van der Waals surface area contributed by atoms with Gasteiger partial charge in [0.15, 0.2) is 5.60 Å². The molecule has 0 radical (unpaired) electrons. The summed E-state index contributed by atoms with van der Waals surface area (Å²) in [7, 11) is -4.67. The summed E-state index contributed by atoms with van der Waals surface area (Å²) in [5.74, 6) is -0.521. The minimum absolute atomic E-state index is 0.521. The third kappa shape index (κ3) is 14.5. The Bertz CT molecular complexity index is 250. The highest BCUT2D eigenvalue weighted by Crippen LogP contribution is 2.08. The lowest BCUT2D eigenvalue weighted by molar-refractivity contribution is -0.129. The van der Waals surface area contributed by atoms with E-state index in [9.17, 15) is 4.79 Å². The van der Waals surface area contributed by atoms with E-state index in [-0.39, 0.29) is 0 Å². The Morgan fingerprint density at radius 1 is 1.46 bits per heavy atom. The van der Waals surface area contributed by atoms with Crippen LogP contribution in [0, 0.1) is 0 Å². The molecule has 0 spiro atoms. The molecule has 0 bridgehead atoms. The average Bonchev–Trinajstić information content (AvgIpc) is 1.83. The summed E-state index contributed by atoms with van der Waals surface area (Å²) in [4.78, 5) is 10.3. The first-order valence-corrected chi connectivity index (χ1v) is 4.59. The van der Waals surface area contributed by atoms with Crippen LogP contribution in [0.4, 0.5) is 0 Å². The lowest BCUT2D eigenvalue weighted by Crippen LogP contribution is -2.38. The van der Waals surface area contributed by atoms with Crippen molar-refractivity contribution in [3.05, 3.63) is 0 Å². The van der Waals surface area contributed by atoms with Gasteiger partial charge in [0.2, 0.25) is 5.91 Å². The highest BCUT2D eigenvalue weighted by molar-refractivity contribution is 7.79. The Balaban J connectivity index is 0. The van der Waals surface area contributed by atoms with Crippen molar-refractivity contribution in [3.63, 3.8) is 0 Å². The number of carbonyl (C=O) groups is 1. The number of hydrogen-bond donors (Lipinski definition) is 4. The van der Waals surface area contributed by atoms with Crippen LogP contribution in [-0.4, -0.2) is 29.0 Å². The van der Waals surface area contributed by atoms with Crippen LogP contribution < -0.4 is 5.73 Å². The van der Waals surface area contributed by atoms with Crippen LogP contribution in [0.5, 0.6) is 0 Å². The fourth-order valence-corrected chi connectivity index (χ4v) is 0.135. The molecule has 9 heteroatoms. The van der Waals surface area contributed by atoms with Crippen molar-refractivity contribution in [1.29, 1.82) is 0 Å². The topological polar surface area (TPSA) is 127 Å². The minimum atomic E-state index is -4.67. The number of nitrogens with two attached hydrogens (primary N) is 1. The molecule has 0 saturated heterocycles. The quantitative estimate of drug-likeness (QED) is 0.288. The van der Waals surface area contributed by atoms with E-state index < -0.39 is 21.9 Å². The molecule has 0 rings (SSSR count). The maximum Gasteiger partial charge on any atom is 0.394 e. The Hall–Kier alpha value is -0.350. The second kappa shape index (κ2) is 5.40. The predicted octanol–water partition coefficient (Wildman–Crippen LogP) is -0.541. The van der Waals surface area contributed by atoms with Gasteiger partial charge in [-0.3, -0.25) is 13.9 Å². The van der Waals surface area contributed by atoms with E-state index in [0.29, 0.717) is 0 Å². The van der Waals surface area contributed by atoms with Crippen molar-refractivity contribution in [1.82, 2.24) is 0 Å². The molecule has 0 aromatic rings. The first-order valence-electron chi connectivity index (χ1n) is 2.83. The Kier molecular flexibility index (Phi) is 6.28. The van der Waals surface area contributed by atoms with Gasteiger partial charge < -0.3 is 9.92 Å². The summed E-state index contributed by atoms with van der Waals surface area (Å²) in [5, 5.41) is 0. The molecule has 0 aliphatic rings. The molecule has 0 fully saturated rings. The monoisotopic (exact) mass is 233 g/mol. The van der Waals surface area contributed by atoms with Crippen LogP contribution in [0.15, 0.2) is 0 Å². The Morgan fingerprint density at radius 2 is 1.69 bits per heavy atom. The zero-order chi connectivity index (χ0) is 11.3. The smallest absolute Gasteiger partial charge is 0.367 e. The SMILES string of the molecule is CC(C)(OS)C(N)=O.O=S(=O)(O)O. The molecule has 0 aromatic carbocycles. The van der Waals surface area contributed by atoms with Crippen LogP contribution in [0.1, 0.15) is 13.8 Å². The second-order valence-corrected chi connectivity index (χ2v) is 3.49. The Morgan fingerprint density at radius 3 is 1.69 bits per heavy atom. The van der Waals surface area contributed by atoms with Crippen molar-refractivity contribution in [3.8, 4) is 0 Å². The van der Waals surface area contributed by atoms with E-state index in [2.05, 4.69) is 17.1 Å². The highest BCUT2D eigenvalue weighted by Gasteiger charge is 2.24. The van der Waals surface area contributed by atoms with Crippen LogP contribution in [0.25, 0.3) is 0 Å². The number of rotatable bonds is 2. The number of thiol groups is 1. The maximum absolute atomic E-state index is 10.3. The summed E-state index contributed by atoms with van der Waals surface area (Å²) in [6.45, 7) is 3.09. The summed E-state index contributed by atoms with van der Waals surface area (Å²) in [6.07, 6.45) is 0. The molecule has 4 N–H and O–H groups in total. The van der Waals surface area contributed by atoms with Gasteiger partial charge >= 0.3 is 10.4 Å². The molecule has 0 atom stereocenters. The van der Waals surface area contributed by atoms with Crippen molar-refractivity contribution in [2.24, 2.45) is 5.73 Å². The van der Waals surface area contributed by atoms with Crippen molar-refractivity contribution >= 4 is 29.2 Å². The molecule has 0 aliphatic heterocycles. The zero-order valence-electron chi connectivity index (χ0n) is 6.96. The molecule has 0 aliphatic carbocycles. The first-order chi connectivity index (χ1) is 5.50. The Labute approximate surface area is 81.5 Å². The molecular weight excluding hydrogens is 222 g/mol. The van der Waals surface area contributed by atoms with Gasteiger partial charge in [-0.25, -0.2) is 0 Å². The molecule has 1 amide bonds. The number of amides is 1.